The van der Waals surface area contributed by atoms with E-state index in [-0.39, 0.29) is 0 Å². The van der Waals surface area contributed by atoms with Crippen molar-refractivity contribution in [2.45, 2.75) is 0 Å². The maximum absolute atomic E-state index is 5.14. The van der Waals surface area contributed by atoms with Crippen molar-refractivity contribution in [1.29, 1.82) is 0 Å². The first kappa shape index (κ1) is 22.3. The summed E-state index contributed by atoms with van der Waals surface area (Å²) < 4.78 is 2.29. The minimum absolute atomic E-state index is 0.979. The van der Waals surface area contributed by atoms with Gasteiger partial charge in [-0.25, -0.2) is 9.97 Å². The molecule has 0 amide bonds. The van der Waals surface area contributed by atoms with Gasteiger partial charge in [0, 0.05) is 27.1 Å². The van der Waals surface area contributed by atoms with Crippen molar-refractivity contribution < 1.29 is 0 Å². The van der Waals surface area contributed by atoms with Gasteiger partial charge in [-0.3, -0.25) is 4.40 Å². The quantitative estimate of drug-likeness (QED) is 0.212. The molecule has 0 unspecified atom stereocenters. The van der Waals surface area contributed by atoms with Crippen LogP contribution in [0.15, 0.2) is 140 Å². The van der Waals surface area contributed by atoms with Crippen LogP contribution in [0.5, 0.6) is 0 Å². The minimum Gasteiger partial charge on any atom is -0.292 e. The van der Waals surface area contributed by atoms with Gasteiger partial charge in [-0.2, -0.15) is 0 Å². The third-order valence-electron chi connectivity index (χ3n) is 8.33. The Morgan fingerprint density at radius 2 is 1.15 bits per heavy atom. The van der Waals surface area contributed by atoms with Crippen LogP contribution in [-0.2, 0) is 0 Å². The summed E-state index contributed by atoms with van der Waals surface area (Å²) in [7, 11) is 0. The molecule has 0 radical (unpaired) electrons. The lowest BCUT2D eigenvalue weighted by molar-refractivity contribution is 1.31. The first-order valence-corrected chi connectivity index (χ1v) is 13.9. The Labute approximate surface area is 236 Å². The number of pyridine rings is 2. The number of imidazole rings is 1. The predicted molar refractivity (Wildman–Crippen MR) is 171 cm³/mol. The van der Waals surface area contributed by atoms with Crippen molar-refractivity contribution in [3.05, 3.63) is 140 Å². The van der Waals surface area contributed by atoms with Crippen LogP contribution < -0.4 is 0 Å². The fourth-order valence-electron chi connectivity index (χ4n) is 6.37. The largest absolute Gasteiger partial charge is 0.292 e. The van der Waals surface area contributed by atoms with Crippen LogP contribution in [-0.4, -0.2) is 14.4 Å². The van der Waals surface area contributed by atoms with Crippen molar-refractivity contribution in [1.82, 2.24) is 14.4 Å². The number of fused-ring (bicyclic) bond motifs is 11. The summed E-state index contributed by atoms with van der Waals surface area (Å²) in [5.74, 6) is 0. The van der Waals surface area contributed by atoms with Crippen LogP contribution in [0.1, 0.15) is 0 Å². The maximum atomic E-state index is 5.14. The lowest BCUT2D eigenvalue weighted by Crippen LogP contribution is -1.92. The first-order valence-electron chi connectivity index (χ1n) is 13.9. The average Bonchev–Trinajstić information content (AvgIpc) is 3.44. The molecule has 3 nitrogen and oxygen atoms in total. The normalized spacial score (nSPS) is 11.9. The van der Waals surface area contributed by atoms with Gasteiger partial charge in [0.25, 0.3) is 0 Å². The number of aromatic nitrogens is 3. The van der Waals surface area contributed by atoms with E-state index in [4.69, 9.17) is 9.97 Å². The van der Waals surface area contributed by atoms with Gasteiger partial charge in [0.15, 0.2) is 0 Å². The lowest BCUT2D eigenvalue weighted by atomic mass is 9.97. The number of para-hydroxylation sites is 3. The molecule has 0 atom stereocenters. The van der Waals surface area contributed by atoms with Crippen molar-refractivity contribution in [2.75, 3.05) is 0 Å². The second-order valence-electron chi connectivity index (χ2n) is 10.7. The molecular weight excluding hydrogens is 498 g/mol. The van der Waals surface area contributed by atoms with Crippen molar-refractivity contribution in [2.24, 2.45) is 0 Å². The highest BCUT2D eigenvalue weighted by Crippen LogP contribution is 2.36. The second kappa shape index (κ2) is 8.48. The number of benzene rings is 6. The highest BCUT2D eigenvalue weighted by molar-refractivity contribution is 6.14. The zero-order valence-corrected chi connectivity index (χ0v) is 22.1. The highest BCUT2D eigenvalue weighted by Gasteiger charge is 2.14. The van der Waals surface area contributed by atoms with E-state index >= 15 is 0 Å². The van der Waals surface area contributed by atoms with Crippen LogP contribution >= 0.6 is 0 Å². The smallest absolute Gasteiger partial charge is 0.146 e. The van der Waals surface area contributed by atoms with E-state index in [0.717, 1.165) is 44.2 Å². The van der Waals surface area contributed by atoms with Gasteiger partial charge in [-0.15, -0.1) is 0 Å². The van der Waals surface area contributed by atoms with Crippen molar-refractivity contribution >= 4 is 60.0 Å². The molecule has 0 bridgehead atoms. The minimum atomic E-state index is 0.979. The molecule has 190 valence electrons. The van der Waals surface area contributed by atoms with E-state index < -0.39 is 0 Å². The Morgan fingerprint density at radius 1 is 0.415 bits per heavy atom. The number of hydrogen-bond acceptors (Lipinski definition) is 2. The van der Waals surface area contributed by atoms with E-state index in [1.807, 2.05) is 0 Å². The first-order chi connectivity index (χ1) is 20.3. The van der Waals surface area contributed by atoms with E-state index in [1.54, 1.807) is 0 Å². The molecule has 0 saturated carbocycles. The standard InChI is InChI=1S/C38H23N3/c1-2-11-29-24(8-1)16-17-25-19-21-33(39-37(25)29)28-10-7-9-26(22-28)27-18-20-31-32(23-27)30-12-3-5-14-35(30)41-36-15-6-4-13-34(36)40-38(31)41/h1-23H. The van der Waals surface area contributed by atoms with Crippen molar-refractivity contribution in [3.8, 4) is 22.4 Å². The predicted octanol–water partition coefficient (Wildman–Crippen LogP) is 9.83. The monoisotopic (exact) mass is 521 g/mol. The van der Waals surface area contributed by atoms with Crippen LogP contribution in [0.2, 0.25) is 0 Å². The fourth-order valence-corrected chi connectivity index (χ4v) is 6.37. The molecule has 6 aromatic carbocycles. The zero-order valence-electron chi connectivity index (χ0n) is 22.1. The summed E-state index contributed by atoms with van der Waals surface area (Å²) in [6, 6.07) is 49.6. The van der Waals surface area contributed by atoms with E-state index in [9.17, 15) is 0 Å². The molecule has 0 saturated heterocycles. The summed E-state index contributed by atoms with van der Waals surface area (Å²) in [5, 5.41) is 7.13. The molecule has 9 rings (SSSR count). The molecule has 0 fully saturated rings. The van der Waals surface area contributed by atoms with Crippen molar-refractivity contribution in [3.63, 3.8) is 0 Å². The maximum Gasteiger partial charge on any atom is 0.146 e. The molecular formula is C38H23N3. The summed E-state index contributed by atoms with van der Waals surface area (Å²) in [5.41, 5.74) is 9.78. The molecule has 3 heteroatoms. The Bertz CT molecular complexity index is 2490. The fraction of sp³-hybridized carbons (Fsp3) is 0. The summed E-state index contributed by atoms with van der Waals surface area (Å²) in [6.07, 6.45) is 0. The molecule has 0 aliphatic rings. The molecule has 0 N–H and O–H groups in total. The molecule has 0 aliphatic carbocycles. The van der Waals surface area contributed by atoms with Gasteiger partial charge in [0.1, 0.15) is 5.65 Å². The van der Waals surface area contributed by atoms with Gasteiger partial charge in [0.05, 0.1) is 27.8 Å². The molecule has 3 heterocycles. The molecule has 3 aromatic heterocycles. The number of rotatable bonds is 2. The lowest BCUT2D eigenvalue weighted by Gasteiger charge is -2.12. The second-order valence-corrected chi connectivity index (χ2v) is 10.7. The molecule has 0 aliphatic heterocycles. The van der Waals surface area contributed by atoms with Crippen LogP contribution in [0.3, 0.4) is 0 Å². The Balaban J connectivity index is 1.24. The van der Waals surface area contributed by atoms with Crippen LogP contribution in [0, 0.1) is 0 Å². The van der Waals surface area contributed by atoms with Gasteiger partial charge >= 0.3 is 0 Å². The Hall–Kier alpha value is -5.54. The SMILES string of the molecule is c1cc(-c2ccc3c(c2)c2ccccc2n2c4ccccc4nc32)cc(-c2ccc3ccc4ccccc4c3n2)c1. The average molecular weight is 522 g/mol. The van der Waals surface area contributed by atoms with E-state index in [1.165, 1.54) is 38.2 Å². The zero-order chi connectivity index (χ0) is 26.9. The van der Waals surface area contributed by atoms with Crippen LogP contribution in [0.4, 0.5) is 0 Å². The highest BCUT2D eigenvalue weighted by atomic mass is 15.0. The summed E-state index contributed by atoms with van der Waals surface area (Å²) >= 11 is 0. The summed E-state index contributed by atoms with van der Waals surface area (Å²) in [4.78, 5) is 10.2. The number of hydrogen-bond donors (Lipinski definition) is 0. The Kier molecular flexibility index (Phi) is 4.61. The topological polar surface area (TPSA) is 30.2 Å². The number of nitrogens with zero attached hydrogens (tertiary/aromatic N) is 3. The van der Waals surface area contributed by atoms with E-state index in [0.29, 0.717) is 0 Å². The summed E-state index contributed by atoms with van der Waals surface area (Å²) in [6.45, 7) is 0. The van der Waals surface area contributed by atoms with Crippen LogP contribution in [0.25, 0.3) is 82.4 Å². The molecule has 41 heavy (non-hydrogen) atoms. The molecule has 9 aromatic rings. The third-order valence-corrected chi connectivity index (χ3v) is 8.33. The van der Waals surface area contributed by atoms with Gasteiger partial charge in [-0.05, 0) is 64.4 Å². The Morgan fingerprint density at radius 3 is 2.10 bits per heavy atom. The van der Waals surface area contributed by atoms with Gasteiger partial charge < -0.3 is 0 Å². The third kappa shape index (κ3) is 3.33. The van der Waals surface area contributed by atoms with Gasteiger partial charge in [0.2, 0.25) is 0 Å². The van der Waals surface area contributed by atoms with E-state index in [2.05, 4.69) is 144 Å². The van der Waals surface area contributed by atoms with Gasteiger partial charge in [-0.1, -0.05) is 97.1 Å². The molecule has 0 spiro atoms.